The second-order valence-corrected chi connectivity index (χ2v) is 8.65. The Kier molecular flexibility index (Phi) is 6.76. The predicted octanol–water partition coefficient (Wildman–Crippen LogP) is 4.01. The lowest BCUT2D eigenvalue weighted by atomic mass is 9.96. The number of nitrogens with zero attached hydrogens (tertiary/aromatic N) is 4. The minimum atomic E-state index is 0.308. The molecule has 1 unspecified atom stereocenters. The highest BCUT2D eigenvalue weighted by Crippen LogP contribution is 2.37. The third-order valence-electron chi connectivity index (χ3n) is 6.79. The Bertz CT molecular complexity index is 877. The molecule has 0 bridgehead atoms. The van der Waals surface area contributed by atoms with Crippen LogP contribution in [0.2, 0.25) is 0 Å². The molecule has 2 aliphatic rings. The molecule has 0 aliphatic carbocycles. The van der Waals surface area contributed by atoms with Crippen LogP contribution in [0.4, 0.5) is 11.4 Å². The highest BCUT2D eigenvalue weighted by atomic mass is 16.5. The van der Waals surface area contributed by atoms with Gasteiger partial charge in [0.2, 0.25) is 5.91 Å². The molecule has 1 amide bonds. The van der Waals surface area contributed by atoms with Crippen molar-refractivity contribution in [2.75, 3.05) is 38.2 Å². The molecule has 166 valence electrons. The molecular weight excluding hydrogens is 388 g/mol. The Balaban J connectivity index is 1.52. The van der Waals surface area contributed by atoms with Gasteiger partial charge < -0.3 is 14.5 Å². The van der Waals surface area contributed by atoms with Crippen LogP contribution in [0.3, 0.4) is 0 Å². The van der Waals surface area contributed by atoms with Crippen molar-refractivity contribution in [1.82, 2.24) is 14.8 Å². The number of likely N-dealkylation sites (tertiary alicyclic amines) is 2. The van der Waals surface area contributed by atoms with Crippen LogP contribution in [0, 0.1) is 6.92 Å². The van der Waals surface area contributed by atoms with E-state index in [1.807, 2.05) is 17.2 Å². The van der Waals surface area contributed by atoms with Crippen molar-refractivity contribution in [1.29, 1.82) is 0 Å². The van der Waals surface area contributed by atoms with E-state index in [-0.39, 0.29) is 0 Å². The average molecular weight is 423 g/mol. The molecule has 0 radical (unpaired) electrons. The smallest absolute Gasteiger partial charge is 0.222 e. The molecule has 0 spiro atoms. The number of piperidine rings is 2. The topological polar surface area (TPSA) is 48.9 Å². The van der Waals surface area contributed by atoms with Crippen molar-refractivity contribution >= 4 is 17.3 Å². The molecule has 2 aliphatic heterocycles. The fraction of sp³-hybridized carbons (Fsp3) is 0.520. The number of aryl methyl sites for hydroxylation is 1. The van der Waals surface area contributed by atoms with E-state index in [0.29, 0.717) is 24.4 Å². The zero-order valence-corrected chi connectivity index (χ0v) is 19.0. The number of hydrogen-bond donors (Lipinski definition) is 0. The van der Waals surface area contributed by atoms with Crippen LogP contribution in [0.25, 0.3) is 0 Å². The summed E-state index contributed by atoms with van der Waals surface area (Å²) in [7, 11) is 1.72. The molecule has 6 heteroatoms. The van der Waals surface area contributed by atoms with Gasteiger partial charge >= 0.3 is 0 Å². The predicted molar refractivity (Wildman–Crippen MR) is 124 cm³/mol. The lowest BCUT2D eigenvalue weighted by molar-refractivity contribution is -0.135. The minimum absolute atomic E-state index is 0.308. The van der Waals surface area contributed by atoms with Gasteiger partial charge in [-0.1, -0.05) is 17.7 Å². The van der Waals surface area contributed by atoms with Gasteiger partial charge in [0, 0.05) is 62.6 Å². The second-order valence-electron chi connectivity index (χ2n) is 8.65. The number of hydrogen-bond acceptors (Lipinski definition) is 5. The van der Waals surface area contributed by atoms with E-state index in [4.69, 9.17) is 4.74 Å². The highest BCUT2D eigenvalue weighted by Gasteiger charge is 2.33. The molecule has 2 fully saturated rings. The summed E-state index contributed by atoms with van der Waals surface area (Å²) in [6, 6.07) is 11.5. The maximum absolute atomic E-state index is 12.1. The summed E-state index contributed by atoms with van der Waals surface area (Å²) in [5.41, 5.74) is 3.45. The van der Waals surface area contributed by atoms with Gasteiger partial charge in [0.1, 0.15) is 11.4 Å². The standard InChI is InChI=1S/C25H34N4O2/c1-4-27-18-22(9-10-25(27)30)28-15-12-21(13-16-28)29(20-7-5-19(2)6-8-20)23-17-26-14-11-24(23)31-3/h5-8,11,14,17,21-22H,4,9-10,12-13,15-16,18H2,1-3H3. The number of anilines is 2. The van der Waals surface area contributed by atoms with Crippen LogP contribution in [0.1, 0.15) is 38.2 Å². The zero-order chi connectivity index (χ0) is 21.8. The number of rotatable bonds is 6. The summed E-state index contributed by atoms with van der Waals surface area (Å²) in [4.78, 5) is 23.5. The van der Waals surface area contributed by atoms with Crippen LogP contribution in [0.5, 0.6) is 5.75 Å². The van der Waals surface area contributed by atoms with E-state index >= 15 is 0 Å². The van der Waals surface area contributed by atoms with Crippen molar-refractivity contribution < 1.29 is 9.53 Å². The number of amides is 1. The first-order chi connectivity index (χ1) is 15.1. The van der Waals surface area contributed by atoms with Gasteiger partial charge in [0.25, 0.3) is 0 Å². The van der Waals surface area contributed by atoms with Gasteiger partial charge in [0.05, 0.1) is 13.3 Å². The summed E-state index contributed by atoms with van der Waals surface area (Å²) in [5.74, 6) is 1.16. The SMILES string of the molecule is CCN1CC(N2CCC(N(c3ccc(C)cc3)c3cnccc3OC)CC2)CCC1=O. The second kappa shape index (κ2) is 9.69. The lowest BCUT2D eigenvalue weighted by Crippen LogP contribution is -2.53. The number of pyridine rings is 1. The van der Waals surface area contributed by atoms with Crippen LogP contribution < -0.4 is 9.64 Å². The fourth-order valence-corrected chi connectivity index (χ4v) is 4.99. The van der Waals surface area contributed by atoms with E-state index in [1.54, 1.807) is 13.3 Å². The Morgan fingerprint density at radius 3 is 2.55 bits per heavy atom. The maximum Gasteiger partial charge on any atom is 0.222 e. The molecule has 1 aromatic heterocycles. The third-order valence-corrected chi connectivity index (χ3v) is 6.79. The number of methoxy groups -OCH3 is 1. The molecule has 3 heterocycles. The number of carbonyl (C=O) groups excluding carboxylic acids is 1. The first-order valence-electron chi connectivity index (χ1n) is 11.5. The van der Waals surface area contributed by atoms with E-state index in [0.717, 1.165) is 56.9 Å². The minimum Gasteiger partial charge on any atom is -0.494 e. The summed E-state index contributed by atoms with van der Waals surface area (Å²) < 4.78 is 5.68. The van der Waals surface area contributed by atoms with Gasteiger partial charge in [-0.15, -0.1) is 0 Å². The van der Waals surface area contributed by atoms with E-state index in [9.17, 15) is 4.79 Å². The van der Waals surface area contributed by atoms with E-state index < -0.39 is 0 Å². The largest absolute Gasteiger partial charge is 0.494 e. The van der Waals surface area contributed by atoms with Gasteiger partial charge in [-0.3, -0.25) is 14.7 Å². The Morgan fingerprint density at radius 1 is 1.13 bits per heavy atom. The van der Waals surface area contributed by atoms with Crippen molar-refractivity contribution in [3.63, 3.8) is 0 Å². The molecule has 2 saturated heterocycles. The molecule has 0 N–H and O–H groups in total. The Labute approximate surface area is 185 Å². The Hall–Kier alpha value is -2.60. The van der Waals surface area contributed by atoms with Gasteiger partial charge in [-0.05, 0) is 45.2 Å². The number of likely N-dealkylation sites (N-methyl/N-ethyl adjacent to an activating group) is 1. The Morgan fingerprint density at radius 2 is 1.87 bits per heavy atom. The van der Waals surface area contributed by atoms with E-state index in [1.165, 1.54) is 11.3 Å². The molecule has 2 aromatic rings. The average Bonchev–Trinajstić information content (AvgIpc) is 2.81. The zero-order valence-electron chi connectivity index (χ0n) is 19.0. The monoisotopic (exact) mass is 422 g/mol. The summed E-state index contributed by atoms with van der Waals surface area (Å²) in [6.07, 6.45) is 7.50. The third kappa shape index (κ3) is 4.69. The summed E-state index contributed by atoms with van der Waals surface area (Å²) in [6.45, 7) is 7.98. The van der Waals surface area contributed by atoms with Crippen LogP contribution in [0.15, 0.2) is 42.7 Å². The summed E-state index contributed by atoms with van der Waals surface area (Å²) >= 11 is 0. The first-order valence-corrected chi connectivity index (χ1v) is 11.5. The molecule has 1 atom stereocenters. The van der Waals surface area contributed by atoms with E-state index in [2.05, 4.69) is 52.9 Å². The molecular formula is C25H34N4O2. The van der Waals surface area contributed by atoms with Crippen molar-refractivity contribution in [2.45, 2.75) is 51.6 Å². The summed E-state index contributed by atoms with van der Waals surface area (Å²) in [5, 5.41) is 0. The van der Waals surface area contributed by atoms with Crippen LogP contribution >= 0.6 is 0 Å². The quantitative estimate of drug-likeness (QED) is 0.704. The normalized spacial score (nSPS) is 20.7. The number of aromatic nitrogens is 1. The molecule has 4 rings (SSSR count). The number of carbonyl (C=O) groups is 1. The highest BCUT2D eigenvalue weighted by molar-refractivity contribution is 5.77. The molecule has 1 aromatic carbocycles. The van der Waals surface area contributed by atoms with Crippen molar-refractivity contribution in [2.24, 2.45) is 0 Å². The van der Waals surface area contributed by atoms with Crippen molar-refractivity contribution in [3.8, 4) is 5.75 Å². The molecule has 6 nitrogen and oxygen atoms in total. The van der Waals surface area contributed by atoms with Gasteiger partial charge in [0.15, 0.2) is 0 Å². The van der Waals surface area contributed by atoms with Crippen molar-refractivity contribution in [3.05, 3.63) is 48.3 Å². The number of ether oxygens (including phenoxy) is 1. The van der Waals surface area contributed by atoms with Crippen LogP contribution in [-0.2, 0) is 4.79 Å². The van der Waals surface area contributed by atoms with Gasteiger partial charge in [-0.25, -0.2) is 0 Å². The fourth-order valence-electron chi connectivity index (χ4n) is 4.99. The number of benzene rings is 1. The first kappa shape index (κ1) is 21.6. The van der Waals surface area contributed by atoms with Gasteiger partial charge in [-0.2, -0.15) is 0 Å². The molecule has 31 heavy (non-hydrogen) atoms. The molecule has 0 saturated carbocycles. The van der Waals surface area contributed by atoms with Crippen LogP contribution in [-0.4, -0.2) is 66.1 Å². The maximum atomic E-state index is 12.1. The lowest BCUT2D eigenvalue weighted by Gasteiger charge is -2.44.